The smallest absolute Gasteiger partial charge is 0.126 e. The van der Waals surface area contributed by atoms with Gasteiger partial charge >= 0.3 is 0 Å². The van der Waals surface area contributed by atoms with Crippen molar-refractivity contribution in [2.24, 2.45) is 5.73 Å². The van der Waals surface area contributed by atoms with Crippen LogP contribution < -0.4 is 5.73 Å². The average Bonchev–Trinajstić information content (AvgIpc) is 2.47. The van der Waals surface area contributed by atoms with Crippen LogP contribution in [0.15, 0.2) is 47.4 Å². The van der Waals surface area contributed by atoms with Gasteiger partial charge in [-0.2, -0.15) is 0 Å². The number of aliphatic hydroxyl groups excluding tert-OH is 1. The summed E-state index contributed by atoms with van der Waals surface area (Å²) in [6, 6.07) is 10.6. The van der Waals surface area contributed by atoms with E-state index in [4.69, 9.17) is 5.73 Å². The zero-order valence-corrected chi connectivity index (χ0v) is 12.4. The van der Waals surface area contributed by atoms with Gasteiger partial charge in [0.25, 0.3) is 0 Å². The Kier molecular flexibility index (Phi) is 5.33. The fourth-order valence-corrected chi connectivity index (χ4v) is 2.68. The molecule has 2 unspecified atom stereocenters. The molecule has 0 spiro atoms. The molecule has 2 aromatic rings. The van der Waals surface area contributed by atoms with Crippen molar-refractivity contribution in [2.75, 3.05) is 12.8 Å². The van der Waals surface area contributed by atoms with Gasteiger partial charge in [0.05, 0.1) is 6.10 Å². The van der Waals surface area contributed by atoms with Gasteiger partial charge in [-0.05, 0) is 41.6 Å². The molecule has 2 rings (SSSR count). The number of halogens is 2. The van der Waals surface area contributed by atoms with Gasteiger partial charge in [0.1, 0.15) is 11.6 Å². The minimum atomic E-state index is -0.910. The van der Waals surface area contributed by atoms with Crippen molar-refractivity contribution in [1.82, 2.24) is 0 Å². The molecule has 3 N–H and O–H groups in total. The van der Waals surface area contributed by atoms with Crippen LogP contribution in [0.5, 0.6) is 0 Å². The maximum atomic E-state index is 13.3. The van der Waals surface area contributed by atoms with E-state index in [0.717, 1.165) is 11.0 Å². The Hall–Kier alpha value is -1.43. The van der Waals surface area contributed by atoms with Crippen LogP contribution in [0.4, 0.5) is 8.78 Å². The maximum Gasteiger partial charge on any atom is 0.126 e. The van der Waals surface area contributed by atoms with Crippen molar-refractivity contribution >= 4 is 11.8 Å². The topological polar surface area (TPSA) is 46.2 Å². The lowest BCUT2D eigenvalue weighted by Gasteiger charge is -2.22. The van der Waals surface area contributed by atoms with Crippen LogP contribution in [0.1, 0.15) is 23.1 Å². The predicted molar refractivity (Wildman–Crippen MR) is 81.3 cm³/mol. The van der Waals surface area contributed by atoms with Gasteiger partial charge < -0.3 is 10.8 Å². The van der Waals surface area contributed by atoms with Gasteiger partial charge in [-0.3, -0.25) is 0 Å². The first-order valence-corrected chi connectivity index (χ1v) is 7.75. The Morgan fingerprint density at radius 1 is 1.05 bits per heavy atom. The van der Waals surface area contributed by atoms with Crippen LogP contribution in [0, 0.1) is 11.6 Å². The molecule has 112 valence electrons. The Morgan fingerprint density at radius 3 is 2.10 bits per heavy atom. The first-order chi connectivity index (χ1) is 10.0. The SMILES string of the molecule is CSc1ccc(C(O)C(CN)c2cc(F)cc(F)c2)cc1. The summed E-state index contributed by atoms with van der Waals surface area (Å²) >= 11 is 1.60. The minimum absolute atomic E-state index is 0.0916. The lowest BCUT2D eigenvalue weighted by Crippen LogP contribution is -2.20. The van der Waals surface area contributed by atoms with Gasteiger partial charge in [0.15, 0.2) is 0 Å². The fraction of sp³-hybridized carbons (Fsp3) is 0.250. The Labute approximate surface area is 127 Å². The molecular weight excluding hydrogens is 292 g/mol. The highest BCUT2D eigenvalue weighted by Crippen LogP contribution is 2.31. The highest BCUT2D eigenvalue weighted by Gasteiger charge is 2.22. The summed E-state index contributed by atoms with van der Waals surface area (Å²) in [6.07, 6.45) is 1.05. The van der Waals surface area contributed by atoms with Crippen molar-refractivity contribution in [1.29, 1.82) is 0 Å². The van der Waals surface area contributed by atoms with Crippen LogP contribution in [0.3, 0.4) is 0 Å². The number of thioether (sulfide) groups is 1. The molecule has 5 heteroatoms. The normalized spacial score (nSPS) is 14.0. The van der Waals surface area contributed by atoms with Crippen LogP contribution in [0.25, 0.3) is 0 Å². The summed E-state index contributed by atoms with van der Waals surface area (Å²) in [5.41, 5.74) is 6.72. The van der Waals surface area contributed by atoms with Gasteiger partial charge in [0, 0.05) is 23.4 Å². The van der Waals surface area contributed by atoms with E-state index in [9.17, 15) is 13.9 Å². The van der Waals surface area contributed by atoms with Gasteiger partial charge in [-0.1, -0.05) is 12.1 Å². The van der Waals surface area contributed by atoms with E-state index in [0.29, 0.717) is 11.1 Å². The molecular formula is C16H17F2NOS. The second kappa shape index (κ2) is 7.02. The molecule has 2 aromatic carbocycles. The van der Waals surface area contributed by atoms with Crippen LogP contribution in [-0.4, -0.2) is 17.9 Å². The van der Waals surface area contributed by atoms with Crippen molar-refractivity contribution in [3.8, 4) is 0 Å². The summed E-state index contributed by atoms with van der Waals surface area (Å²) in [4.78, 5) is 1.08. The van der Waals surface area contributed by atoms with Crippen molar-refractivity contribution in [2.45, 2.75) is 16.9 Å². The summed E-state index contributed by atoms with van der Waals surface area (Å²) < 4.78 is 26.6. The Bertz CT molecular complexity index is 583. The quantitative estimate of drug-likeness (QED) is 0.832. The molecule has 0 saturated heterocycles. The summed E-state index contributed by atoms with van der Waals surface area (Å²) in [5.74, 6) is -1.91. The molecule has 0 aliphatic heterocycles. The molecule has 2 atom stereocenters. The Morgan fingerprint density at radius 2 is 1.62 bits per heavy atom. The molecule has 0 aliphatic carbocycles. The second-order valence-corrected chi connectivity index (χ2v) is 5.64. The number of hydrogen-bond donors (Lipinski definition) is 2. The van der Waals surface area contributed by atoms with Crippen LogP contribution in [-0.2, 0) is 0 Å². The fourth-order valence-electron chi connectivity index (χ4n) is 2.27. The van der Waals surface area contributed by atoms with Crippen molar-refractivity contribution in [3.63, 3.8) is 0 Å². The summed E-state index contributed by atoms with van der Waals surface area (Å²) in [5, 5.41) is 10.4. The lowest BCUT2D eigenvalue weighted by molar-refractivity contribution is 0.147. The molecule has 0 saturated carbocycles. The number of rotatable bonds is 5. The zero-order valence-electron chi connectivity index (χ0n) is 11.6. The van der Waals surface area contributed by atoms with E-state index in [1.807, 2.05) is 18.4 Å². The summed E-state index contributed by atoms with van der Waals surface area (Å²) in [6.45, 7) is 0.0916. The number of hydrogen-bond acceptors (Lipinski definition) is 3. The summed E-state index contributed by atoms with van der Waals surface area (Å²) in [7, 11) is 0. The molecule has 0 amide bonds. The molecule has 0 aliphatic rings. The van der Waals surface area contributed by atoms with E-state index >= 15 is 0 Å². The highest BCUT2D eigenvalue weighted by molar-refractivity contribution is 7.98. The number of aliphatic hydroxyl groups is 1. The van der Waals surface area contributed by atoms with E-state index in [2.05, 4.69) is 0 Å². The van der Waals surface area contributed by atoms with Gasteiger partial charge in [-0.15, -0.1) is 11.8 Å². The van der Waals surface area contributed by atoms with E-state index in [1.54, 1.807) is 23.9 Å². The van der Waals surface area contributed by atoms with Crippen LogP contribution >= 0.6 is 11.8 Å². The van der Waals surface area contributed by atoms with Crippen molar-refractivity contribution < 1.29 is 13.9 Å². The number of nitrogens with two attached hydrogens (primary N) is 1. The third kappa shape index (κ3) is 3.81. The monoisotopic (exact) mass is 309 g/mol. The lowest BCUT2D eigenvalue weighted by atomic mass is 9.89. The molecule has 0 fully saturated rings. The van der Waals surface area contributed by atoms with Crippen LogP contribution in [0.2, 0.25) is 0 Å². The minimum Gasteiger partial charge on any atom is -0.388 e. The number of benzene rings is 2. The highest BCUT2D eigenvalue weighted by atomic mass is 32.2. The third-order valence-corrected chi connectivity index (χ3v) is 4.15. The maximum absolute atomic E-state index is 13.3. The largest absolute Gasteiger partial charge is 0.388 e. The van der Waals surface area contributed by atoms with Gasteiger partial charge in [-0.25, -0.2) is 8.78 Å². The molecule has 0 radical (unpaired) electrons. The predicted octanol–water partition coefficient (Wildman–Crippen LogP) is 3.46. The Balaban J connectivity index is 2.30. The standard InChI is InChI=1S/C16H17F2NOS/c1-21-14-4-2-10(3-5-14)16(20)15(9-19)11-6-12(17)8-13(18)7-11/h2-8,15-16,20H,9,19H2,1H3. The van der Waals surface area contributed by atoms with Gasteiger partial charge in [0.2, 0.25) is 0 Å². The second-order valence-electron chi connectivity index (χ2n) is 4.76. The first kappa shape index (κ1) is 15.9. The van der Waals surface area contributed by atoms with E-state index in [1.165, 1.54) is 12.1 Å². The average molecular weight is 309 g/mol. The van der Waals surface area contributed by atoms with E-state index in [-0.39, 0.29) is 6.54 Å². The van der Waals surface area contributed by atoms with Crippen molar-refractivity contribution in [3.05, 3.63) is 65.2 Å². The molecule has 0 aromatic heterocycles. The molecule has 2 nitrogen and oxygen atoms in total. The first-order valence-electron chi connectivity index (χ1n) is 6.53. The molecule has 0 heterocycles. The molecule has 0 bridgehead atoms. The molecule has 21 heavy (non-hydrogen) atoms. The third-order valence-electron chi connectivity index (χ3n) is 3.41. The van der Waals surface area contributed by atoms with E-state index < -0.39 is 23.7 Å². The zero-order chi connectivity index (χ0) is 15.4.